The molecule has 0 fully saturated rings. The van der Waals surface area contributed by atoms with E-state index in [4.69, 9.17) is 14.9 Å². The second kappa shape index (κ2) is 11.7. The highest BCUT2D eigenvalue weighted by molar-refractivity contribution is 6.09. The van der Waals surface area contributed by atoms with E-state index in [9.17, 15) is 14.4 Å². The number of benzene rings is 1. The Morgan fingerprint density at radius 3 is 2.82 bits per heavy atom. The maximum Gasteiger partial charge on any atom is 0.165 e. The van der Waals surface area contributed by atoms with E-state index in [0.717, 1.165) is 24.1 Å². The van der Waals surface area contributed by atoms with Gasteiger partial charge in [-0.2, -0.15) is 5.26 Å². The standard InChI is InChI=1S/C25H28FN3O4/c1-29-21(8-2-3-11-33-16-17-6-4-7-19(26)12-17)24(22(30)9-5-10-23(31)32)20-13-18(14-27)15-28-25(20)29/h4,6-7,12-13,15,23,31-32H,2-3,5,8-11,16H2,1H3. The Morgan fingerprint density at radius 1 is 1.27 bits per heavy atom. The first kappa shape index (κ1) is 24.5. The van der Waals surface area contributed by atoms with Gasteiger partial charge < -0.3 is 19.5 Å². The number of unbranched alkanes of at least 4 members (excludes halogenated alkanes) is 1. The number of ether oxygens (including phenoxy) is 1. The van der Waals surface area contributed by atoms with Crippen LogP contribution in [0.4, 0.5) is 4.39 Å². The normalized spacial score (nSPS) is 11.3. The molecule has 0 unspecified atom stereocenters. The largest absolute Gasteiger partial charge is 0.377 e. The molecule has 3 rings (SSSR count). The number of halogens is 1. The quantitative estimate of drug-likeness (QED) is 0.245. The van der Waals surface area contributed by atoms with Crippen molar-refractivity contribution in [1.29, 1.82) is 5.26 Å². The maximum atomic E-state index is 13.2. The molecule has 3 aromatic rings. The maximum absolute atomic E-state index is 13.2. The monoisotopic (exact) mass is 453 g/mol. The van der Waals surface area contributed by atoms with Gasteiger partial charge in [-0.05, 0) is 55.9 Å². The Morgan fingerprint density at radius 2 is 2.09 bits per heavy atom. The van der Waals surface area contributed by atoms with Gasteiger partial charge in [-0.15, -0.1) is 0 Å². The van der Waals surface area contributed by atoms with Gasteiger partial charge in [-0.25, -0.2) is 9.37 Å². The molecule has 0 amide bonds. The molecule has 2 N–H and O–H groups in total. The van der Waals surface area contributed by atoms with Crippen molar-refractivity contribution in [2.45, 2.75) is 51.4 Å². The smallest absolute Gasteiger partial charge is 0.165 e. The third-order valence-electron chi connectivity index (χ3n) is 5.53. The van der Waals surface area contributed by atoms with Gasteiger partial charge in [0, 0.05) is 42.9 Å². The molecule has 0 radical (unpaired) electrons. The zero-order valence-corrected chi connectivity index (χ0v) is 18.6. The number of nitriles is 1. The van der Waals surface area contributed by atoms with Gasteiger partial charge in [-0.1, -0.05) is 12.1 Å². The Labute approximate surface area is 192 Å². The Kier molecular flexibility index (Phi) is 8.66. The minimum Gasteiger partial charge on any atom is -0.377 e. The van der Waals surface area contributed by atoms with Crippen LogP contribution in [0.25, 0.3) is 11.0 Å². The highest BCUT2D eigenvalue weighted by atomic mass is 19.1. The Hall–Kier alpha value is -3.12. The van der Waals surface area contributed by atoms with E-state index in [1.165, 1.54) is 18.3 Å². The van der Waals surface area contributed by atoms with Gasteiger partial charge in [0.25, 0.3) is 0 Å². The topological polar surface area (TPSA) is 108 Å². The number of pyridine rings is 1. The number of aryl methyl sites for hydroxylation is 1. The van der Waals surface area contributed by atoms with Crippen LogP contribution in [0.3, 0.4) is 0 Å². The first-order valence-corrected chi connectivity index (χ1v) is 11.0. The minimum absolute atomic E-state index is 0.101. The van der Waals surface area contributed by atoms with Gasteiger partial charge in [0.05, 0.1) is 12.2 Å². The summed E-state index contributed by atoms with van der Waals surface area (Å²) in [5.74, 6) is -0.388. The number of Topliss-reactive ketones (excluding diaryl/α,β-unsaturated/α-hetero) is 1. The van der Waals surface area contributed by atoms with Crippen LogP contribution in [0.2, 0.25) is 0 Å². The number of aliphatic hydroxyl groups is 2. The average Bonchev–Trinajstić information content (AvgIpc) is 3.06. The van der Waals surface area contributed by atoms with Gasteiger partial charge in [0.1, 0.15) is 17.5 Å². The van der Waals surface area contributed by atoms with Crippen molar-refractivity contribution < 1.29 is 24.1 Å². The highest BCUT2D eigenvalue weighted by Gasteiger charge is 2.22. The second-order valence-corrected chi connectivity index (χ2v) is 8.02. The summed E-state index contributed by atoms with van der Waals surface area (Å²) in [6, 6.07) is 10.1. The molecule has 0 bridgehead atoms. The van der Waals surface area contributed by atoms with Crippen LogP contribution in [0.1, 0.15) is 59.3 Å². The van der Waals surface area contributed by atoms with E-state index in [1.807, 2.05) is 17.7 Å². The molecule has 0 aliphatic rings. The number of aliphatic hydroxyl groups excluding tert-OH is 1. The number of ketones is 1. The molecular weight excluding hydrogens is 425 g/mol. The van der Waals surface area contributed by atoms with E-state index in [-0.39, 0.29) is 24.4 Å². The van der Waals surface area contributed by atoms with E-state index in [1.54, 1.807) is 12.1 Å². The fraction of sp³-hybridized carbons (Fsp3) is 0.400. The van der Waals surface area contributed by atoms with Gasteiger partial charge in [-0.3, -0.25) is 4.79 Å². The summed E-state index contributed by atoms with van der Waals surface area (Å²) in [6.45, 7) is 0.849. The third-order valence-corrected chi connectivity index (χ3v) is 5.53. The van der Waals surface area contributed by atoms with Crippen molar-refractivity contribution in [3.63, 3.8) is 0 Å². The van der Waals surface area contributed by atoms with Crippen LogP contribution in [0.15, 0.2) is 36.5 Å². The van der Waals surface area contributed by atoms with Crippen molar-refractivity contribution >= 4 is 16.8 Å². The molecule has 2 heterocycles. The molecule has 174 valence electrons. The molecule has 1 aromatic carbocycles. The number of hydrogen-bond donors (Lipinski definition) is 2. The molecule has 8 heteroatoms. The number of carbonyl (C=O) groups excluding carboxylic acids is 1. The van der Waals surface area contributed by atoms with E-state index < -0.39 is 6.29 Å². The van der Waals surface area contributed by atoms with Crippen LogP contribution < -0.4 is 0 Å². The number of hydrogen-bond acceptors (Lipinski definition) is 6. The lowest BCUT2D eigenvalue weighted by molar-refractivity contribution is -0.0461. The zero-order chi connectivity index (χ0) is 23.8. The fourth-order valence-electron chi connectivity index (χ4n) is 3.91. The van der Waals surface area contributed by atoms with Crippen LogP contribution in [-0.4, -0.2) is 38.4 Å². The molecule has 0 atom stereocenters. The van der Waals surface area contributed by atoms with Crippen molar-refractivity contribution in [3.8, 4) is 6.07 Å². The van der Waals surface area contributed by atoms with Crippen molar-refractivity contribution in [2.75, 3.05) is 6.61 Å². The molecule has 33 heavy (non-hydrogen) atoms. The molecule has 0 saturated carbocycles. The van der Waals surface area contributed by atoms with E-state index in [2.05, 4.69) is 11.1 Å². The summed E-state index contributed by atoms with van der Waals surface area (Å²) in [5.41, 5.74) is 3.18. The van der Waals surface area contributed by atoms with Crippen molar-refractivity contribution in [3.05, 3.63) is 64.7 Å². The first-order chi connectivity index (χ1) is 15.9. The van der Waals surface area contributed by atoms with Crippen molar-refractivity contribution in [2.24, 2.45) is 7.05 Å². The molecule has 0 aliphatic heterocycles. The molecule has 0 saturated heterocycles. The molecule has 0 spiro atoms. The predicted molar refractivity (Wildman–Crippen MR) is 121 cm³/mol. The summed E-state index contributed by atoms with van der Waals surface area (Å²) >= 11 is 0. The average molecular weight is 454 g/mol. The summed E-state index contributed by atoms with van der Waals surface area (Å²) in [4.78, 5) is 17.4. The number of nitrogens with zero attached hydrogens (tertiary/aromatic N) is 3. The van der Waals surface area contributed by atoms with Gasteiger partial charge in [0.2, 0.25) is 0 Å². The SMILES string of the molecule is Cn1c(CCCCOCc2cccc(F)c2)c(C(=O)CCCC(O)O)c2cc(C#N)cnc21. The van der Waals surface area contributed by atoms with Gasteiger partial charge in [0.15, 0.2) is 12.1 Å². The molecule has 7 nitrogen and oxygen atoms in total. The third kappa shape index (κ3) is 6.45. The van der Waals surface area contributed by atoms with Crippen LogP contribution in [-0.2, 0) is 24.8 Å². The summed E-state index contributed by atoms with van der Waals surface area (Å²) < 4.78 is 20.8. The minimum atomic E-state index is -1.44. The first-order valence-electron chi connectivity index (χ1n) is 11.0. The lowest BCUT2D eigenvalue weighted by Crippen LogP contribution is -2.09. The lowest BCUT2D eigenvalue weighted by atomic mass is 9.99. The van der Waals surface area contributed by atoms with Crippen LogP contribution in [0.5, 0.6) is 0 Å². The Bertz CT molecular complexity index is 1150. The van der Waals surface area contributed by atoms with Gasteiger partial charge >= 0.3 is 0 Å². The fourth-order valence-corrected chi connectivity index (χ4v) is 3.91. The van der Waals surface area contributed by atoms with E-state index >= 15 is 0 Å². The van der Waals surface area contributed by atoms with E-state index in [0.29, 0.717) is 48.2 Å². The molecular formula is C25H28FN3O4. The van der Waals surface area contributed by atoms with Crippen molar-refractivity contribution in [1.82, 2.24) is 9.55 Å². The lowest BCUT2D eigenvalue weighted by Gasteiger charge is -2.09. The second-order valence-electron chi connectivity index (χ2n) is 8.02. The number of aromatic nitrogens is 2. The number of rotatable bonds is 12. The number of fused-ring (bicyclic) bond motifs is 1. The summed E-state index contributed by atoms with van der Waals surface area (Å²) in [6.07, 6.45) is 2.86. The summed E-state index contributed by atoms with van der Waals surface area (Å²) in [5, 5.41) is 28.0. The van der Waals surface area contributed by atoms with Crippen LogP contribution >= 0.6 is 0 Å². The molecule has 2 aromatic heterocycles. The Balaban J connectivity index is 1.68. The number of carbonyl (C=O) groups is 1. The molecule has 0 aliphatic carbocycles. The zero-order valence-electron chi connectivity index (χ0n) is 18.6. The van der Waals surface area contributed by atoms with Crippen LogP contribution in [0, 0.1) is 17.1 Å². The highest BCUT2D eigenvalue weighted by Crippen LogP contribution is 2.28. The predicted octanol–water partition coefficient (Wildman–Crippen LogP) is 3.79. The summed E-state index contributed by atoms with van der Waals surface area (Å²) in [7, 11) is 1.85.